The summed E-state index contributed by atoms with van der Waals surface area (Å²) in [4.78, 5) is 13.3. The number of rotatable bonds is 11. The van der Waals surface area contributed by atoms with Gasteiger partial charge in [-0.15, -0.1) is 0 Å². The van der Waals surface area contributed by atoms with Gasteiger partial charge in [-0.05, 0) is 47.9 Å². The van der Waals surface area contributed by atoms with Gasteiger partial charge in [0.1, 0.15) is 11.8 Å². The zero-order chi connectivity index (χ0) is 28.8. The highest BCUT2D eigenvalue weighted by Crippen LogP contribution is 2.27. The molecule has 40 heavy (non-hydrogen) atoms. The fourth-order valence-electron chi connectivity index (χ4n) is 4.13. The fourth-order valence-corrected chi connectivity index (χ4v) is 7.09. The van der Waals surface area contributed by atoms with Crippen LogP contribution in [0.3, 0.4) is 0 Å². The standard InChI is InChI=1S/C27H30ClN3O7S2/c1-37-26-12-11-23(18-24(26)28)39(33,34)30-25(17-20-5-3-2-4-6-20)27(32)29-19-21-7-9-22(10-8-21)40(35,36)31-13-15-38-16-14-31/h2-12,18,25,30H,13-17,19H2,1H3,(H,29,32). The first-order chi connectivity index (χ1) is 19.1. The van der Waals surface area contributed by atoms with Gasteiger partial charge < -0.3 is 14.8 Å². The second-order valence-corrected chi connectivity index (χ2v) is 13.1. The van der Waals surface area contributed by atoms with Gasteiger partial charge in [0.25, 0.3) is 0 Å². The van der Waals surface area contributed by atoms with Crippen LogP contribution in [0.1, 0.15) is 11.1 Å². The normalized spacial score (nSPS) is 15.3. The van der Waals surface area contributed by atoms with Gasteiger partial charge in [-0.25, -0.2) is 16.8 Å². The lowest BCUT2D eigenvalue weighted by molar-refractivity contribution is -0.122. The number of nitrogens with one attached hydrogen (secondary N) is 2. The summed E-state index contributed by atoms with van der Waals surface area (Å²) in [6.07, 6.45) is 0.104. The highest BCUT2D eigenvalue weighted by molar-refractivity contribution is 7.89. The van der Waals surface area contributed by atoms with Crippen LogP contribution in [0.5, 0.6) is 5.75 Å². The van der Waals surface area contributed by atoms with Gasteiger partial charge in [0.2, 0.25) is 26.0 Å². The third kappa shape index (κ3) is 7.39. The molecule has 0 bridgehead atoms. The van der Waals surface area contributed by atoms with E-state index in [4.69, 9.17) is 21.1 Å². The average Bonchev–Trinajstić information content (AvgIpc) is 2.96. The van der Waals surface area contributed by atoms with Crippen LogP contribution in [0.15, 0.2) is 82.6 Å². The quantitative estimate of drug-likeness (QED) is 0.342. The van der Waals surface area contributed by atoms with Crippen molar-refractivity contribution in [1.29, 1.82) is 0 Å². The molecule has 2 N–H and O–H groups in total. The van der Waals surface area contributed by atoms with Crippen LogP contribution in [0.2, 0.25) is 5.02 Å². The molecule has 0 aromatic heterocycles. The Kier molecular flexibility index (Phi) is 9.82. The molecule has 0 radical (unpaired) electrons. The molecule has 1 amide bonds. The maximum absolute atomic E-state index is 13.2. The van der Waals surface area contributed by atoms with Crippen molar-refractivity contribution >= 4 is 37.6 Å². The van der Waals surface area contributed by atoms with E-state index < -0.39 is 32.0 Å². The molecule has 1 heterocycles. The fraction of sp³-hybridized carbons (Fsp3) is 0.296. The Labute approximate surface area is 239 Å². The largest absolute Gasteiger partial charge is 0.495 e. The number of carbonyl (C=O) groups excluding carboxylic acids is 1. The summed E-state index contributed by atoms with van der Waals surface area (Å²) in [5, 5.41) is 2.88. The van der Waals surface area contributed by atoms with Gasteiger partial charge in [0.15, 0.2) is 0 Å². The van der Waals surface area contributed by atoms with E-state index in [0.29, 0.717) is 37.6 Å². The molecule has 214 valence electrons. The summed E-state index contributed by atoms with van der Waals surface area (Å²) in [5.41, 5.74) is 1.41. The number of ether oxygens (including phenoxy) is 2. The van der Waals surface area contributed by atoms with Crippen molar-refractivity contribution in [2.75, 3.05) is 33.4 Å². The molecule has 4 rings (SSSR count). The minimum Gasteiger partial charge on any atom is -0.495 e. The second-order valence-electron chi connectivity index (χ2n) is 9.04. The van der Waals surface area contributed by atoms with Crippen LogP contribution < -0.4 is 14.8 Å². The molecule has 10 nitrogen and oxygen atoms in total. The summed E-state index contributed by atoms with van der Waals surface area (Å²) >= 11 is 6.12. The Morgan fingerprint density at radius 3 is 2.23 bits per heavy atom. The number of hydrogen-bond acceptors (Lipinski definition) is 7. The summed E-state index contributed by atoms with van der Waals surface area (Å²) < 4.78 is 66.2. The Bertz CT molecular complexity index is 1530. The van der Waals surface area contributed by atoms with E-state index in [1.54, 1.807) is 36.4 Å². The summed E-state index contributed by atoms with van der Waals surface area (Å²) in [6, 6.07) is 18.1. The zero-order valence-corrected chi connectivity index (χ0v) is 24.1. The van der Waals surface area contributed by atoms with Crippen molar-refractivity contribution in [3.8, 4) is 5.75 Å². The van der Waals surface area contributed by atoms with Crippen molar-refractivity contribution in [3.05, 3.63) is 88.9 Å². The molecular formula is C27H30ClN3O7S2. The molecule has 0 aliphatic carbocycles. The number of methoxy groups -OCH3 is 1. The van der Waals surface area contributed by atoms with Crippen LogP contribution in [0.4, 0.5) is 0 Å². The molecule has 0 spiro atoms. The molecule has 1 unspecified atom stereocenters. The molecule has 1 saturated heterocycles. The molecule has 1 fully saturated rings. The number of halogens is 1. The Morgan fingerprint density at radius 2 is 1.60 bits per heavy atom. The predicted octanol–water partition coefficient (Wildman–Crippen LogP) is 2.58. The lowest BCUT2D eigenvalue weighted by atomic mass is 10.1. The third-order valence-corrected chi connectivity index (χ3v) is 10.0. The number of amides is 1. The zero-order valence-electron chi connectivity index (χ0n) is 21.7. The monoisotopic (exact) mass is 607 g/mol. The SMILES string of the molecule is COc1ccc(S(=O)(=O)NC(Cc2ccccc2)C(=O)NCc2ccc(S(=O)(=O)N3CCOCC3)cc2)cc1Cl. The van der Waals surface area contributed by atoms with Gasteiger partial charge in [0, 0.05) is 19.6 Å². The van der Waals surface area contributed by atoms with Gasteiger partial charge in [-0.1, -0.05) is 54.1 Å². The molecule has 0 saturated carbocycles. The first kappa shape index (κ1) is 30.0. The molecule has 1 aliphatic rings. The molecule has 3 aromatic carbocycles. The van der Waals surface area contributed by atoms with E-state index in [1.165, 1.54) is 41.7 Å². The van der Waals surface area contributed by atoms with Crippen LogP contribution in [0, 0.1) is 0 Å². The summed E-state index contributed by atoms with van der Waals surface area (Å²) in [5.74, 6) is -0.222. The Hall–Kier alpha value is -3.00. The lowest BCUT2D eigenvalue weighted by Crippen LogP contribution is -2.47. The molecular weight excluding hydrogens is 578 g/mol. The van der Waals surface area contributed by atoms with Crippen LogP contribution in [0.25, 0.3) is 0 Å². The van der Waals surface area contributed by atoms with Crippen molar-refractivity contribution in [1.82, 2.24) is 14.3 Å². The molecule has 13 heteroatoms. The van der Waals surface area contributed by atoms with Crippen molar-refractivity contribution in [2.45, 2.75) is 28.8 Å². The number of morpholine rings is 1. The third-order valence-electron chi connectivity index (χ3n) is 6.33. The van der Waals surface area contributed by atoms with Crippen LogP contribution >= 0.6 is 11.6 Å². The summed E-state index contributed by atoms with van der Waals surface area (Å²) in [6.45, 7) is 1.35. The van der Waals surface area contributed by atoms with E-state index >= 15 is 0 Å². The Balaban J connectivity index is 1.47. The van der Waals surface area contributed by atoms with Gasteiger partial charge >= 0.3 is 0 Å². The topological polar surface area (TPSA) is 131 Å². The van der Waals surface area contributed by atoms with Gasteiger partial charge in [-0.2, -0.15) is 9.03 Å². The molecule has 1 aliphatic heterocycles. The average molecular weight is 608 g/mol. The lowest BCUT2D eigenvalue weighted by Gasteiger charge is -2.26. The number of hydrogen-bond donors (Lipinski definition) is 2. The van der Waals surface area contributed by atoms with E-state index in [0.717, 1.165) is 5.56 Å². The smallest absolute Gasteiger partial charge is 0.243 e. The van der Waals surface area contributed by atoms with Crippen molar-refractivity contribution in [2.24, 2.45) is 0 Å². The predicted molar refractivity (Wildman–Crippen MR) is 150 cm³/mol. The highest BCUT2D eigenvalue weighted by Gasteiger charge is 2.28. The van der Waals surface area contributed by atoms with E-state index in [9.17, 15) is 21.6 Å². The molecule has 1 atom stereocenters. The first-order valence-corrected chi connectivity index (χ1v) is 15.7. The molecule has 3 aromatic rings. The second kappa shape index (κ2) is 13.1. The summed E-state index contributed by atoms with van der Waals surface area (Å²) in [7, 11) is -6.34. The maximum atomic E-state index is 13.2. The Morgan fingerprint density at radius 1 is 0.950 bits per heavy atom. The van der Waals surface area contributed by atoms with E-state index in [1.807, 2.05) is 6.07 Å². The minimum atomic E-state index is -4.12. The number of sulfonamides is 2. The van der Waals surface area contributed by atoms with Gasteiger partial charge in [-0.3, -0.25) is 4.79 Å². The number of benzene rings is 3. The number of carbonyl (C=O) groups is 1. The van der Waals surface area contributed by atoms with E-state index in [2.05, 4.69) is 10.0 Å². The minimum absolute atomic E-state index is 0.0676. The van der Waals surface area contributed by atoms with Crippen LogP contribution in [-0.4, -0.2) is 66.5 Å². The first-order valence-electron chi connectivity index (χ1n) is 12.4. The highest BCUT2D eigenvalue weighted by atomic mass is 35.5. The van der Waals surface area contributed by atoms with E-state index in [-0.39, 0.29) is 27.8 Å². The number of nitrogens with zero attached hydrogens (tertiary/aromatic N) is 1. The van der Waals surface area contributed by atoms with Crippen molar-refractivity contribution < 1.29 is 31.1 Å². The van der Waals surface area contributed by atoms with Gasteiger partial charge in [0.05, 0.1) is 35.1 Å². The maximum Gasteiger partial charge on any atom is 0.243 e. The van der Waals surface area contributed by atoms with Crippen molar-refractivity contribution in [3.63, 3.8) is 0 Å². The van der Waals surface area contributed by atoms with Crippen LogP contribution in [-0.2, 0) is 42.5 Å².